The Morgan fingerprint density at radius 1 is 1.12 bits per heavy atom. The van der Waals surface area contributed by atoms with Crippen molar-refractivity contribution in [2.75, 3.05) is 0 Å². The van der Waals surface area contributed by atoms with Gasteiger partial charge < -0.3 is 5.11 Å². The van der Waals surface area contributed by atoms with Crippen molar-refractivity contribution in [2.24, 2.45) is 0 Å². The van der Waals surface area contributed by atoms with Gasteiger partial charge in [-0.25, -0.2) is 4.79 Å². The SMILES string of the molecule is O=C(O)C(c1ccccc1)N1C(=O)C(=Cc2c(Cl)cccc2Cl)SC1=S. The summed E-state index contributed by atoms with van der Waals surface area (Å²) < 4.78 is 0.167. The molecule has 0 aromatic heterocycles. The van der Waals surface area contributed by atoms with Gasteiger partial charge in [-0.2, -0.15) is 0 Å². The number of amides is 1. The maximum absolute atomic E-state index is 12.9. The van der Waals surface area contributed by atoms with Crippen molar-refractivity contribution < 1.29 is 14.7 Å². The van der Waals surface area contributed by atoms with E-state index in [0.717, 1.165) is 16.7 Å². The second-order valence-corrected chi connectivity index (χ2v) is 7.83. The summed E-state index contributed by atoms with van der Waals surface area (Å²) in [6, 6.07) is 12.3. The molecule has 132 valence electrons. The van der Waals surface area contributed by atoms with Crippen LogP contribution in [-0.2, 0) is 9.59 Å². The Kier molecular flexibility index (Phi) is 5.67. The number of carbonyl (C=O) groups excluding carboxylic acids is 1. The minimum absolute atomic E-state index is 0.167. The number of thiocarbonyl (C=S) groups is 1. The molecule has 0 saturated carbocycles. The van der Waals surface area contributed by atoms with Gasteiger partial charge in [0.15, 0.2) is 6.04 Å². The third-order valence-electron chi connectivity index (χ3n) is 3.71. The zero-order valence-corrected chi connectivity index (χ0v) is 16.2. The minimum atomic E-state index is -1.20. The summed E-state index contributed by atoms with van der Waals surface area (Å²) >= 11 is 18.6. The summed E-state index contributed by atoms with van der Waals surface area (Å²) in [5.74, 6) is -1.66. The van der Waals surface area contributed by atoms with E-state index in [0.29, 0.717) is 21.2 Å². The predicted molar refractivity (Wildman–Crippen MR) is 108 cm³/mol. The van der Waals surface area contributed by atoms with Crippen molar-refractivity contribution in [1.82, 2.24) is 4.90 Å². The van der Waals surface area contributed by atoms with Crippen LogP contribution in [0.4, 0.5) is 0 Å². The number of carbonyl (C=O) groups is 2. The zero-order chi connectivity index (χ0) is 18.8. The summed E-state index contributed by atoms with van der Waals surface area (Å²) in [5, 5.41) is 10.4. The highest BCUT2D eigenvalue weighted by molar-refractivity contribution is 8.26. The molecular formula is C18H11Cl2NO3S2. The van der Waals surface area contributed by atoms with E-state index in [1.807, 2.05) is 0 Å². The molecule has 1 heterocycles. The fourth-order valence-electron chi connectivity index (χ4n) is 2.52. The highest BCUT2D eigenvalue weighted by Gasteiger charge is 2.41. The molecular weight excluding hydrogens is 413 g/mol. The fraction of sp³-hybridized carbons (Fsp3) is 0.0556. The summed E-state index contributed by atoms with van der Waals surface area (Å²) in [6.07, 6.45) is 1.54. The normalized spacial score (nSPS) is 17.0. The van der Waals surface area contributed by atoms with Crippen molar-refractivity contribution in [2.45, 2.75) is 6.04 Å². The van der Waals surface area contributed by atoms with Gasteiger partial charge in [-0.15, -0.1) is 0 Å². The quantitative estimate of drug-likeness (QED) is 0.552. The number of hydrogen-bond donors (Lipinski definition) is 1. The fourth-order valence-corrected chi connectivity index (χ4v) is 4.32. The third kappa shape index (κ3) is 3.64. The second-order valence-electron chi connectivity index (χ2n) is 5.34. The summed E-state index contributed by atoms with van der Waals surface area (Å²) in [6.45, 7) is 0. The summed E-state index contributed by atoms with van der Waals surface area (Å²) in [5.41, 5.74) is 0.955. The highest BCUT2D eigenvalue weighted by atomic mass is 35.5. The number of carboxylic acid groups (broad SMARTS) is 1. The van der Waals surface area contributed by atoms with Crippen LogP contribution in [0.5, 0.6) is 0 Å². The Morgan fingerprint density at radius 2 is 1.73 bits per heavy atom. The number of halogens is 2. The molecule has 0 spiro atoms. The Morgan fingerprint density at radius 3 is 2.31 bits per heavy atom. The molecule has 1 N–H and O–H groups in total. The van der Waals surface area contributed by atoms with Crippen LogP contribution >= 0.6 is 47.2 Å². The average Bonchev–Trinajstić information content (AvgIpc) is 2.87. The first kappa shape index (κ1) is 18.9. The third-order valence-corrected chi connectivity index (χ3v) is 5.70. The second kappa shape index (κ2) is 7.80. The Labute approximate surface area is 169 Å². The van der Waals surface area contributed by atoms with Crippen molar-refractivity contribution in [1.29, 1.82) is 0 Å². The lowest BCUT2D eigenvalue weighted by Gasteiger charge is -2.23. The number of hydrogen-bond acceptors (Lipinski definition) is 4. The molecule has 4 nitrogen and oxygen atoms in total. The van der Waals surface area contributed by atoms with Gasteiger partial charge in [0.2, 0.25) is 0 Å². The van der Waals surface area contributed by atoms with Crippen LogP contribution < -0.4 is 0 Å². The topological polar surface area (TPSA) is 57.6 Å². The molecule has 1 unspecified atom stereocenters. The first-order valence-electron chi connectivity index (χ1n) is 7.39. The van der Waals surface area contributed by atoms with E-state index in [9.17, 15) is 14.7 Å². The van der Waals surface area contributed by atoms with Crippen molar-refractivity contribution in [3.05, 3.63) is 74.6 Å². The first-order chi connectivity index (χ1) is 12.4. The van der Waals surface area contributed by atoms with E-state index in [-0.39, 0.29) is 9.23 Å². The Hall–Kier alpha value is -1.86. The molecule has 1 atom stereocenters. The van der Waals surface area contributed by atoms with Gasteiger partial charge in [0.1, 0.15) is 4.32 Å². The number of thioether (sulfide) groups is 1. The summed E-state index contributed by atoms with van der Waals surface area (Å²) in [7, 11) is 0. The number of nitrogens with zero attached hydrogens (tertiary/aromatic N) is 1. The Bertz CT molecular complexity index is 911. The maximum atomic E-state index is 12.9. The molecule has 0 radical (unpaired) electrons. The lowest BCUT2D eigenvalue weighted by Crippen LogP contribution is -2.37. The van der Waals surface area contributed by atoms with Gasteiger partial charge in [-0.05, 0) is 23.8 Å². The van der Waals surface area contributed by atoms with Crippen LogP contribution in [0, 0.1) is 0 Å². The van der Waals surface area contributed by atoms with E-state index in [1.165, 1.54) is 6.08 Å². The van der Waals surface area contributed by atoms with Crippen LogP contribution in [-0.4, -0.2) is 26.2 Å². The Balaban J connectivity index is 2.01. The molecule has 1 saturated heterocycles. The van der Waals surface area contributed by atoms with Gasteiger partial charge in [-0.3, -0.25) is 9.69 Å². The average molecular weight is 424 g/mol. The number of aliphatic carboxylic acids is 1. The number of rotatable bonds is 4. The summed E-state index contributed by atoms with van der Waals surface area (Å²) in [4.78, 5) is 26.1. The molecule has 1 aliphatic heterocycles. The lowest BCUT2D eigenvalue weighted by molar-refractivity contribution is -0.145. The smallest absolute Gasteiger partial charge is 0.331 e. The van der Waals surface area contributed by atoms with Crippen LogP contribution in [0.15, 0.2) is 53.4 Å². The van der Waals surface area contributed by atoms with Crippen molar-refractivity contribution >= 4 is 69.5 Å². The molecule has 2 aromatic carbocycles. The van der Waals surface area contributed by atoms with E-state index >= 15 is 0 Å². The molecule has 2 aromatic rings. The van der Waals surface area contributed by atoms with E-state index in [4.69, 9.17) is 35.4 Å². The van der Waals surface area contributed by atoms with Gasteiger partial charge in [0.25, 0.3) is 5.91 Å². The molecule has 0 aliphatic carbocycles. The first-order valence-corrected chi connectivity index (χ1v) is 9.37. The molecule has 1 amide bonds. The molecule has 3 rings (SSSR count). The molecule has 1 fully saturated rings. The van der Waals surface area contributed by atoms with E-state index in [2.05, 4.69) is 0 Å². The molecule has 8 heteroatoms. The standard InChI is InChI=1S/C18H11Cl2NO3S2/c19-12-7-4-8-13(20)11(12)9-14-16(22)21(18(25)26-14)15(17(23)24)10-5-2-1-3-6-10/h1-9,15H,(H,23,24). The highest BCUT2D eigenvalue weighted by Crippen LogP contribution is 2.39. The van der Waals surface area contributed by atoms with Crippen LogP contribution in [0.1, 0.15) is 17.2 Å². The largest absolute Gasteiger partial charge is 0.479 e. The zero-order valence-electron chi connectivity index (χ0n) is 13.1. The molecule has 26 heavy (non-hydrogen) atoms. The monoisotopic (exact) mass is 423 g/mol. The van der Waals surface area contributed by atoms with Crippen molar-refractivity contribution in [3.8, 4) is 0 Å². The molecule has 0 bridgehead atoms. The predicted octanol–water partition coefficient (Wildman–Crippen LogP) is 5.02. The van der Waals surface area contributed by atoms with E-state index < -0.39 is 17.9 Å². The van der Waals surface area contributed by atoms with Gasteiger partial charge in [0.05, 0.1) is 4.91 Å². The lowest BCUT2D eigenvalue weighted by atomic mass is 10.1. The maximum Gasteiger partial charge on any atom is 0.331 e. The molecule has 1 aliphatic rings. The van der Waals surface area contributed by atoms with E-state index in [1.54, 1.807) is 48.5 Å². The van der Waals surface area contributed by atoms with Gasteiger partial charge in [0, 0.05) is 15.6 Å². The number of carboxylic acids is 1. The minimum Gasteiger partial charge on any atom is -0.479 e. The van der Waals surface area contributed by atoms with Crippen LogP contribution in [0.3, 0.4) is 0 Å². The van der Waals surface area contributed by atoms with Crippen molar-refractivity contribution in [3.63, 3.8) is 0 Å². The number of benzene rings is 2. The van der Waals surface area contributed by atoms with Gasteiger partial charge >= 0.3 is 5.97 Å². The van der Waals surface area contributed by atoms with Gasteiger partial charge in [-0.1, -0.05) is 83.6 Å². The van der Waals surface area contributed by atoms with Crippen LogP contribution in [0.25, 0.3) is 6.08 Å². The van der Waals surface area contributed by atoms with Crippen LogP contribution in [0.2, 0.25) is 10.0 Å².